The molecule has 0 aliphatic rings. The lowest BCUT2D eigenvalue weighted by Crippen LogP contribution is -2.25. The molecule has 0 unspecified atom stereocenters. The summed E-state index contributed by atoms with van der Waals surface area (Å²) in [7, 11) is 3.11. The molecule has 0 atom stereocenters. The monoisotopic (exact) mass is 503 g/mol. The minimum absolute atomic E-state index is 0.130. The van der Waals surface area contributed by atoms with Gasteiger partial charge in [-0.05, 0) is 48.5 Å². The van der Waals surface area contributed by atoms with Crippen LogP contribution in [0.4, 0.5) is 5.69 Å². The van der Waals surface area contributed by atoms with E-state index in [2.05, 4.69) is 20.8 Å². The van der Waals surface area contributed by atoms with Crippen LogP contribution in [0.15, 0.2) is 84.0 Å². The number of aromatic nitrogens is 3. The molecule has 0 bridgehead atoms. The number of amides is 2. The van der Waals surface area contributed by atoms with Crippen LogP contribution < -0.4 is 20.1 Å². The molecule has 0 spiro atoms. The van der Waals surface area contributed by atoms with Crippen LogP contribution in [0.2, 0.25) is 0 Å². The first-order valence-electron chi connectivity index (χ1n) is 11.1. The maximum absolute atomic E-state index is 12.8. The molecule has 184 valence electrons. The summed E-state index contributed by atoms with van der Waals surface area (Å²) in [5, 5.41) is 14.8. The number of rotatable bonds is 10. The lowest BCUT2D eigenvalue weighted by molar-refractivity contribution is -0.113. The molecule has 4 aromatic rings. The molecule has 0 aliphatic carbocycles. The second kappa shape index (κ2) is 11.9. The van der Waals surface area contributed by atoms with Crippen molar-refractivity contribution in [2.24, 2.45) is 0 Å². The van der Waals surface area contributed by atoms with E-state index < -0.39 is 0 Å². The Labute approximate surface area is 212 Å². The van der Waals surface area contributed by atoms with E-state index in [4.69, 9.17) is 9.47 Å². The van der Waals surface area contributed by atoms with Crippen molar-refractivity contribution in [2.75, 3.05) is 25.3 Å². The minimum atomic E-state index is -0.289. The zero-order valence-corrected chi connectivity index (χ0v) is 20.6. The highest BCUT2D eigenvalue weighted by atomic mass is 32.2. The molecule has 0 saturated heterocycles. The Morgan fingerprint density at radius 3 is 2.33 bits per heavy atom. The molecule has 0 radical (unpaired) electrons. The van der Waals surface area contributed by atoms with Crippen LogP contribution in [0.3, 0.4) is 0 Å². The molecule has 0 fully saturated rings. The van der Waals surface area contributed by atoms with Crippen molar-refractivity contribution in [1.29, 1.82) is 0 Å². The van der Waals surface area contributed by atoms with Gasteiger partial charge in [0.1, 0.15) is 11.5 Å². The van der Waals surface area contributed by atoms with Crippen molar-refractivity contribution >= 4 is 29.3 Å². The minimum Gasteiger partial charge on any atom is -0.497 e. The van der Waals surface area contributed by atoms with Gasteiger partial charge in [0.2, 0.25) is 5.91 Å². The number of nitrogens with one attached hydrogen (secondary N) is 2. The summed E-state index contributed by atoms with van der Waals surface area (Å²) < 4.78 is 12.3. The Morgan fingerprint density at radius 2 is 1.61 bits per heavy atom. The molecule has 2 N–H and O–H groups in total. The summed E-state index contributed by atoms with van der Waals surface area (Å²) in [6, 6.07) is 23.6. The molecule has 4 rings (SSSR count). The second-order valence-corrected chi connectivity index (χ2v) is 8.46. The van der Waals surface area contributed by atoms with E-state index >= 15 is 0 Å². The van der Waals surface area contributed by atoms with E-state index in [1.54, 1.807) is 55.6 Å². The van der Waals surface area contributed by atoms with E-state index in [9.17, 15) is 9.59 Å². The SMILES string of the molecule is COc1ccc(NC(=O)CSc2nnc(CNC(=O)c3ccccc3OC)n2-c2ccccc2)cc1. The van der Waals surface area contributed by atoms with Gasteiger partial charge in [0.05, 0.1) is 32.1 Å². The average Bonchev–Trinajstić information content (AvgIpc) is 3.34. The molecule has 3 aromatic carbocycles. The predicted molar refractivity (Wildman–Crippen MR) is 138 cm³/mol. The van der Waals surface area contributed by atoms with E-state index in [0.29, 0.717) is 33.7 Å². The van der Waals surface area contributed by atoms with Crippen LogP contribution in [0.1, 0.15) is 16.2 Å². The molecular formula is C26H25N5O4S. The average molecular weight is 504 g/mol. The van der Waals surface area contributed by atoms with Crippen LogP contribution in [0, 0.1) is 0 Å². The number of carbonyl (C=O) groups excluding carboxylic acids is 2. The number of benzene rings is 3. The molecule has 0 saturated carbocycles. The van der Waals surface area contributed by atoms with Crippen LogP contribution in [-0.2, 0) is 11.3 Å². The van der Waals surface area contributed by atoms with Gasteiger partial charge in [-0.25, -0.2) is 0 Å². The molecule has 9 nitrogen and oxygen atoms in total. The normalized spacial score (nSPS) is 10.5. The number of para-hydroxylation sites is 2. The van der Waals surface area contributed by atoms with Gasteiger partial charge in [0.15, 0.2) is 11.0 Å². The van der Waals surface area contributed by atoms with Crippen molar-refractivity contribution in [3.05, 3.63) is 90.3 Å². The third-order valence-electron chi connectivity index (χ3n) is 5.18. The summed E-state index contributed by atoms with van der Waals surface area (Å²) >= 11 is 1.25. The largest absolute Gasteiger partial charge is 0.497 e. The fourth-order valence-electron chi connectivity index (χ4n) is 3.43. The lowest BCUT2D eigenvalue weighted by atomic mass is 10.2. The van der Waals surface area contributed by atoms with Crippen LogP contribution in [-0.4, -0.2) is 46.6 Å². The maximum atomic E-state index is 12.8. The van der Waals surface area contributed by atoms with E-state index in [1.165, 1.54) is 18.9 Å². The van der Waals surface area contributed by atoms with Crippen molar-refractivity contribution < 1.29 is 19.1 Å². The smallest absolute Gasteiger partial charge is 0.255 e. The lowest BCUT2D eigenvalue weighted by Gasteiger charge is -2.12. The summed E-state index contributed by atoms with van der Waals surface area (Å²) in [6.07, 6.45) is 0. The van der Waals surface area contributed by atoms with Crippen LogP contribution in [0.25, 0.3) is 5.69 Å². The van der Waals surface area contributed by atoms with Crippen molar-refractivity contribution in [1.82, 2.24) is 20.1 Å². The van der Waals surface area contributed by atoms with Crippen LogP contribution >= 0.6 is 11.8 Å². The zero-order chi connectivity index (χ0) is 25.3. The summed E-state index contributed by atoms with van der Waals surface area (Å²) in [5.41, 5.74) is 1.92. The van der Waals surface area contributed by atoms with E-state index in [-0.39, 0.29) is 24.1 Å². The number of anilines is 1. The first-order valence-corrected chi connectivity index (χ1v) is 12.0. The number of hydrogen-bond donors (Lipinski definition) is 2. The third kappa shape index (κ3) is 6.02. The van der Waals surface area contributed by atoms with Gasteiger partial charge in [-0.15, -0.1) is 10.2 Å². The van der Waals surface area contributed by atoms with Crippen LogP contribution in [0.5, 0.6) is 11.5 Å². The fourth-order valence-corrected chi connectivity index (χ4v) is 4.20. The number of ether oxygens (including phenoxy) is 2. The Kier molecular flexibility index (Phi) is 8.20. The standard InChI is InChI=1S/C26H25N5O4S/c1-34-20-14-12-18(13-15-20)28-24(32)17-36-26-30-29-23(31(26)19-8-4-3-5-9-19)16-27-25(33)21-10-6-7-11-22(21)35-2/h3-15H,16-17H2,1-2H3,(H,27,33)(H,28,32). The summed E-state index contributed by atoms with van der Waals surface area (Å²) in [6.45, 7) is 0.136. The van der Waals surface area contributed by atoms with Crippen molar-refractivity contribution in [3.63, 3.8) is 0 Å². The van der Waals surface area contributed by atoms with E-state index in [0.717, 1.165) is 5.69 Å². The summed E-state index contributed by atoms with van der Waals surface area (Å²) in [5.74, 6) is 1.39. The highest BCUT2D eigenvalue weighted by molar-refractivity contribution is 7.99. The Morgan fingerprint density at radius 1 is 0.889 bits per heavy atom. The van der Waals surface area contributed by atoms with Crippen molar-refractivity contribution in [3.8, 4) is 17.2 Å². The molecule has 1 heterocycles. The number of methoxy groups -OCH3 is 2. The molecule has 36 heavy (non-hydrogen) atoms. The molecule has 10 heteroatoms. The fraction of sp³-hybridized carbons (Fsp3) is 0.154. The van der Waals surface area contributed by atoms with E-state index in [1.807, 2.05) is 34.9 Å². The van der Waals surface area contributed by atoms with Gasteiger partial charge < -0.3 is 20.1 Å². The molecule has 0 aliphatic heterocycles. The highest BCUT2D eigenvalue weighted by Crippen LogP contribution is 2.23. The van der Waals surface area contributed by atoms with Gasteiger partial charge in [-0.3, -0.25) is 14.2 Å². The molecule has 1 aromatic heterocycles. The molecular weight excluding hydrogens is 478 g/mol. The molecule has 2 amide bonds. The Hall–Kier alpha value is -4.31. The zero-order valence-electron chi connectivity index (χ0n) is 19.8. The topological polar surface area (TPSA) is 107 Å². The van der Waals surface area contributed by atoms with Gasteiger partial charge >= 0.3 is 0 Å². The Bertz CT molecular complexity index is 1330. The maximum Gasteiger partial charge on any atom is 0.255 e. The predicted octanol–water partition coefficient (Wildman–Crippen LogP) is 3.95. The second-order valence-electron chi connectivity index (χ2n) is 7.52. The summed E-state index contributed by atoms with van der Waals surface area (Å²) in [4.78, 5) is 25.3. The van der Waals surface area contributed by atoms with Gasteiger partial charge in [0, 0.05) is 11.4 Å². The quantitative estimate of drug-likeness (QED) is 0.316. The number of nitrogens with zero attached hydrogens (tertiary/aromatic N) is 3. The van der Waals surface area contributed by atoms with Gasteiger partial charge in [-0.1, -0.05) is 42.1 Å². The third-order valence-corrected chi connectivity index (χ3v) is 6.11. The Balaban J connectivity index is 1.47. The number of hydrogen-bond acceptors (Lipinski definition) is 7. The van der Waals surface area contributed by atoms with Gasteiger partial charge in [-0.2, -0.15) is 0 Å². The van der Waals surface area contributed by atoms with Crippen molar-refractivity contribution in [2.45, 2.75) is 11.7 Å². The number of carbonyl (C=O) groups is 2. The van der Waals surface area contributed by atoms with Gasteiger partial charge in [0.25, 0.3) is 5.91 Å². The number of thioether (sulfide) groups is 1. The first-order chi connectivity index (χ1) is 17.6. The first kappa shape index (κ1) is 24.8. The highest BCUT2D eigenvalue weighted by Gasteiger charge is 2.18.